The number of methoxy groups -OCH3 is 1. The molecular formula is C24H29NO5S. The number of nitrogens with one attached hydrogen (secondary N) is 1. The zero-order chi connectivity index (χ0) is 23.0. The Kier molecular flexibility index (Phi) is 8.68. The summed E-state index contributed by atoms with van der Waals surface area (Å²) in [5, 5.41) is 2.95. The maximum absolute atomic E-state index is 12.5. The first-order chi connectivity index (χ1) is 14.6. The average molecular weight is 444 g/mol. The summed E-state index contributed by atoms with van der Waals surface area (Å²) in [4.78, 5) is 37.6. The van der Waals surface area contributed by atoms with Crippen LogP contribution in [-0.2, 0) is 14.3 Å². The van der Waals surface area contributed by atoms with Crippen molar-refractivity contribution in [3.05, 3.63) is 59.7 Å². The molecular weight excluding hydrogens is 414 g/mol. The van der Waals surface area contributed by atoms with Crippen LogP contribution < -0.4 is 10.1 Å². The van der Waals surface area contributed by atoms with Crippen LogP contribution in [0.4, 0.5) is 0 Å². The average Bonchev–Trinajstić information content (AvgIpc) is 2.75. The van der Waals surface area contributed by atoms with Gasteiger partial charge in [-0.2, -0.15) is 0 Å². The zero-order valence-electron chi connectivity index (χ0n) is 18.6. The Balaban J connectivity index is 1.97. The summed E-state index contributed by atoms with van der Waals surface area (Å²) >= 11 is 1.24. The van der Waals surface area contributed by atoms with Gasteiger partial charge in [0.15, 0.2) is 12.4 Å². The topological polar surface area (TPSA) is 81.7 Å². The van der Waals surface area contributed by atoms with E-state index in [9.17, 15) is 14.4 Å². The fourth-order valence-electron chi connectivity index (χ4n) is 2.71. The lowest BCUT2D eigenvalue weighted by atomic mass is 9.91. The zero-order valence-corrected chi connectivity index (χ0v) is 19.4. The van der Waals surface area contributed by atoms with E-state index in [1.54, 1.807) is 52.1 Å². The van der Waals surface area contributed by atoms with Gasteiger partial charge in [-0.05, 0) is 25.1 Å². The Morgan fingerprint density at radius 1 is 1.03 bits per heavy atom. The van der Waals surface area contributed by atoms with Crippen LogP contribution in [0.5, 0.6) is 5.75 Å². The van der Waals surface area contributed by atoms with E-state index in [4.69, 9.17) is 9.47 Å². The number of carbonyl (C=O) groups excluding carboxylic acids is 3. The number of ether oxygens (including phenoxy) is 2. The van der Waals surface area contributed by atoms with Gasteiger partial charge in [0.05, 0.1) is 24.5 Å². The molecule has 7 heteroatoms. The maximum atomic E-state index is 12.5. The van der Waals surface area contributed by atoms with Crippen LogP contribution in [0.2, 0.25) is 0 Å². The molecule has 0 saturated carbocycles. The van der Waals surface area contributed by atoms with Crippen LogP contribution in [0, 0.1) is 5.41 Å². The summed E-state index contributed by atoms with van der Waals surface area (Å²) in [6.07, 6.45) is 0. The molecule has 0 heterocycles. The number of hydrogen-bond donors (Lipinski definition) is 1. The first-order valence-electron chi connectivity index (χ1n) is 9.98. The number of amides is 1. The normalized spacial score (nSPS) is 12.0. The summed E-state index contributed by atoms with van der Waals surface area (Å²) in [6, 6.07) is 14.2. The number of rotatable bonds is 9. The maximum Gasteiger partial charge on any atom is 0.339 e. The summed E-state index contributed by atoms with van der Waals surface area (Å²) < 4.78 is 10.5. The van der Waals surface area contributed by atoms with Crippen molar-refractivity contribution in [2.75, 3.05) is 19.5 Å². The third kappa shape index (κ3) is 7.14. The monoisotopic (exact) mass is 443 g/mol. The Morgan fingerprint density at radius 3 is 2.35 bits per heavy atom. The third-order valence-corrected chi connectivity index (χ3v) is 5.69. The molecule has 0 aliphatic rings. The standard InChI is InChI=1S/C24H29NO5S/c1-16(17-10-6-8-12-19(17)29-5)25-22(27)15-31-20-13-9-7-11-18(20)23(28)30-14-21(26)24(2,3)4/h6-13,16H,14-15H2,1-5H3,(H,25,27)/t16-/m1/s1. The molecule has 0 spiro atoms. The van der Waals surface area contributed by atoms with Crippen molar-refractivity contribution in [2.24, 2.45) is 5.41 Å². The van der Waals surface area contributed by atoms with E-state index >= 15 is 0 Å². The summed E-state index contributed by atoms with van der Waals surface area (Å²) in [6.45, 7) is 6.93. The van der Waals surface area contributed by atoms with Gasteiger partial charge >= 0.3 is 5.97 Å². The highest BCUT2D eigenvalue weighted by Gasteiger charge is 2.23. The number of benzene rings is 2. The van der Waals surface area contributed by atoms with Gasteiger partial charge in [-0.1, -0.05) is 51.1 Å². The summed E-state index contributed by atoms with van der Waals surface area (Å²) in [5.74, 6) is -0.0698. The lowest BCUT2D eigenvalue weighted by Gasteiger charge is -2.17. The number of thioether (sulfide) groups is 1. The van der Waals surface area contributed by atoms with Crippen molar-refractivity contribution >= 4 is 29.4 Å². The molecule has 0 radical (unpaired) electrons. The minimum absolute atomic E-state index is 0.130. The minimum atomic E-state index is -0.580. The molecule has 2 aromatic carbocycles. The van der Waals surface area contributed by atoms with Gasteiger partial charge in [-0.25, -0.2) is 4.79 Å². The number of ketones is 1. The lowest BCUT2D eigenvalue weighted by Crippen LogP contribution is -2.28. The smallest absolute Gasteiger partial charge is 0.339 e. The quantitative estimate of drug-likeness (QED) is 0.456. The Labute approximate surface area is 187 Å². The fraction of sp³-hybridized carbons (Fsp3) is 0.375. The van der Waals surface area contributed by atoms with Crippen LogP contribution in [0.1, 0.15) is 49.7 Å². The van der Waals surface area contributed by atoms with Crippen molar-refractivity contribution in [3.8, 4) is 5.75 Å². The fourth-order valence-corrected chi connectivity index (χ4v) is 3.57. The van der Waals surface area contributed by atoms with Crippen LogP contribution in [-0.4, -0.2) is 37.1 Å². The molecule has 0 unspecified atom stereocenters. The van der Waals surface area contributed by atoms with Gasteiger partial charge in [-0.15, -0.1) is 11.8 Å². The molecule has 2 aromatic rings. The largest absolute Gasteiger partial charge is 0.496 e. The first-order valence-corrected chi connectivity index (χ1v) is 11.0. The SMILES string of the molecule is COc1ccccc1[C@@H](C)NC(=O)CSc1ccccc1C(=O)OCC(=O)C(C)(C)C. The van der Waals surface area contributed by atoms with Gasteiger partial charge in [0, 0.05) is 15.9 Å². The molecule has 0 aliphatic carbocycles. The first kappa shape index (κ1) is 24.5. The number of Topliss-reactive ketones (excluding diaryl/α,β-unsaturated/α-hetero) is 1. The predicted molar refractivity (Wildman–Crippen MR) is 121 cm³/mol. The minimum Gasteiger partial charge on any atom is -0.496 e. The van der Waals surface area contributed by atoms with E-state index in [0.717, 1.165) is 5.56 Å². The Morgan fingerprint density at radius 2 is 1.68 bits per heavy atom. The van der Waals surface area contributed by atoms with Crippen molar-refractivity contribution in [2.45, 2.75) is 38.6 Å². The van der Waals surface area contributed by atoms with Crippen molar-refractivity contribution < 1.29 is 23.9 Å². The van der Waals surface area contributed by atoms with Crippen molar-refractivity contribution in [1.82, 2.24) is 5.32 Å². The molecule has 1 amide bonds. The molecule has 0 bridgehead atoms. The highest BCUT2D eigenvalue weighted by molar-refractivity contribution is 8.00. The van der Waals surface area contributed by atoms with E-state index in [1.807, 2.05) is 31.2 Å². The molecule has 166 valence electrons. The molecule has 2 rings (SSSR count). The molecule has 31 heavy (non-hydrogen) atoms. The van der Waals surface area contributed by atoms with E-state index in [1.165, 1.54) is 11.8 Å². The second-order valence-electron chi connectivity index (χ2n) is 8.07. The number of hydrogen-bond acceptors (Lipinski definition) is 6. The van der Waals surface area contributed by atoms with Crippen LogP contribution in [0.25, 0.3) is 0 Å². The van der Waals surface area contributed by atoms with Gasteiger partial charge in [0.1, 0.15) is 5.75 Å². The number of carbonyl (C=O) groups is 3. The number of esters is 1. The van der Waals surface area contributed by atoms with E-state index < -0.39 is 11.4 Å². The molecule has 0 aliphatic heterocycles. The van der Waals surface area contributed by atoms with Gasteiger partial charge < -0.3 is 14.8 Å². The van der Waals surface area contributed by atoms with E-state index in [-0.39, 0.29) is 30.1 Å². The number of para-hydroxylation sites is 1. The summed E-state index contributed by atoms with van der Waals surface area (Å²) in [5.41, 5.74) is 0.640. The van der Waals surface area contributed by atoms with Crippen LogP contribution in [0.3, 0.4) is 0 Å². The van der Waals surface area contributed by atoms with Crippen LogP contribution >= 0.6 is 11.8 Å². The highest BCUT2D eigenvalue weighted by atomic mass is 32.2. The van der Waals surface area contributed by atoms with Gasteiger partial charge in [0.25, 0.3) is 0 Å². The third-order valence-electron chi connectivity index (χ3n) is 4.62. The highest BCUT2D eigenvalue weighted by Crippen LogP contribution is 2.26. The van der Waals surface area contributed by atoms with E-state index in [0.29, 0.717) is 16.2 Å². The molecule has 0 fully saturated rings. The Hall–Kier alpha value is -2.80. The van der Waals surface area contributed by atoms with E-state index in [2.05, 4.69) is 5.32 Å². The van der Waals surface area contributed by atoms with Crippen molar-refractivity contribution in [1.29, 1.82) is 0 Å². The molecule has 6 nitrogen and oxygen atoms in total. The second-order valence-corrected chi connectivity index (χ2v) is 9.08. The van der Waals surface area contributed by atoms with Gasteiger partial charge in [0.2, 0.25) is 5.91 Å². The lowest BCUT2D eigenvalue weighted by molar-refractivity contribution is -0.129. The van der Waals surface area contributed by atoms with Crippen molar-refractivity contribution in [3.63, 3.8) is 0 Å². The van der Waals surface area contributed by atoms with Gasteiger partial charge in [-0.3, -0.25) is 9.59 Å². The Bertz CT molecular complexity index is 936. The predicted octanol–water partition coefficient (Wildman–Crippen LogP) is 4.44. The summed E-state index contributed by atoms with van der Waals surface area (Å²) in [7, 11) is 1.59. The second kappa shape index (κ2) is 11.0. The molecule has 0 saturated heterocycles. The van der Waals surface area contributed by atoms with Crippen LogP contribution in [0.15, 0.2) is 53.4 Å². The molecule has 1 atom stereocenters. The molecule has 0 aromatic heterocycles. The molecule has 1 N–H and O–H groups in total.